The largest absolute Gasteiger partial charge is 0.472 e. The first kappa shape index (κ1) is 10.3. The van der Waals surface area contributed by atoms with Crippen molar-refractivity contribution in [2.45, 2.75) is 33.3 Å². The van der Waals surface area contributed by atoms with E-state index in [4.69, 9.17) is 16.3 Å². The molecule has 0 atom stereocenters. The Morgan fingerprint density at radius 1 is 1.31 bits per heavy atom. The second-order valence-electron chi connectivity index (χ2n) is 3.81. The van der Waals surface area contributed by atoms with Crippen molar-refractivity contribution in [2.24, 2.45) is 0 Å². The predicted octanol–water partition coefficient (Wildman–Crippen LogP) is 2.62. The Kier molecular flexibility index (Phi) is 2.76. The van der Waals surface area contributed by atoms with Gasteiger partial charge >= 0.3 is 0 Å². The molecule has 3 nitrogen and oxygen atoms in total. The lowest BCUT2D eigenvalue weighted by Crippen LogP contribution is -2.24. The molecule has 4 heteroatoms. The second-order valence-corrected chi connectivity index (χ2v) is 4.17. The second kappa shape index (κ2) is 3.50. The van der Waals surface area contributed by atoms with Gasteiger partial charge in [0.25, 0.3) is 0 Å². The Balaban J connectivity index is 2.96. The van der Waals surface area contributed by atoms with E-state index in [2.05, 4.69) is 9.97 Å². The Bertz CT molecular complexity index is 307. The van der Waals surface area contributed by atoms with Gasteiger partial charge < -0.3 is 4.74 Å². The van der Waals surface area contributed by atoms with E-state index in [1.807, 2.05) is 27.7 Å². The van der Waals surface area contributed by atoms with Gasteiger partial charge in [0.2, 0.25) is 5.88 Å². The molecule has 0 fully saturated rings. The molecule has 0 bridgehead atoms. The lowest BCUT2D eigenvalue weighted by atomic mass is 10.2. The van der Waals surface area contributed by atoms with Crippen LogP contribution in [0.25, 0.3) is 0 Å². The summed E-state index contributed by atoms with van der Waals surface area (Å²) in [5.74, 6) is 0.549. The molecule has 0 unspecified atom stereocenters. The molecule has 1 heterocycles. The van der Waals surface area contributed by atoms with Gasteiger partial charge in [-0.2, -0.15) is 0 Å². The predicted molar refractivity (Wildman–Crippen MR) is 52.2 cm³/mol. The molecule has 0 saturated carbocycles. The fraction of sp³-hybridized carbons (Fsp3) is 0.556. The van der Waals surface area contributed by atoms with Crippen LogP contribution in [0.1, 0.15) is 26.3 Å². The Labute approximate surface area is 83.1 Å². The summed E-state index contributed by atoms with van der Waals surface area (Å²) in [7, 11) is 0. The number of ether oxygens (including phenoxy) is 1. The van der Waals surface area contributed by atoms with Crippen LogP contribution in [0.15, 0.2) is 6.33 Å². The number of aromatic nitrogens is 2. The zero-order chi connectivity index (χ0) is 10.1. The molecule has 0 amide bonds. The van der Waals surface area contributed by atoms with Gasteiger partial charge in [0.1, 0.15) is 17.1 Å². The topological polar surface area (TPSA) is 35.0 Å². The normalized spacial score (nSPS) is 11.5. The SMILES string of the molecule is Cc1c(Cl)ncnc1OC(C)(C)C. The Morgan fingerprint density at radius 3 is 2.46 bits per heavy atom. The lowest BCUT2D eigenvalue weighted by molar-refractivity contribution is 0.122. The van der Waals surface area contributed by atoms with Crippen LogP contribution in [0.3, 0.4) is 0 Å². The lowest BCUT2D eigenvalue weighted by Gasteiger charge is -2.21. The van der Waals surface area contributed by atoms with Gasteiger partial charge in [0.15, 0.2) is 0 Å². The van der Waals surface area contributed by atoms with Gasteiger partial charge in [0, 0.05) is 5.56 Å². The molecule has 0 aromatic carbocycles. The van der Waals surface area contributed by atoms with E-state index in [9.17, 15) is 0 Å². The van der Waals surface area contributed by atoms with Crippen molar-refractivity contribution in [2.75, 3.05) is 0 Å². The zero-order valence-electron chi connectivity index (χ0n) is 8.26. The van der Waals surface area contributed by atoms with Crippen LogP contribution < -0.4 is 4.74 Å². The minimum Gasteiger partial charge on any atom is -0.472 e. The van der Waals surface area contributed by atoms with Crippen LogP contribution in [-0.4, -0.2) is 15.6 Å². The first-order valence-corrected chi connectivity index (χ1v) is 4.44. The van der Waals surface area contributed by atoms with E-state index in [0.29, 0.717) is 11.0 Å². The summed E-state index contributed by atoms with van der Waals surface area (Å²) in [6.07, 6.45) is 1.40. The molecule has 0 saturated heterocycles. The molecule has 0 aliphatic carbocycles. The number of hydrogen-bond donors (Lipinski definition) is 0. The van der Waals surface area contributed by atoms with E-state index in [1.165, 1.54) is 6.33 Å². The van der Waals surface area contributed by atoms with Crippen molar-refractivity contribution in [1.82, 2.24) is 9.97 Å². The number of nitrogens with zero attached hydrogens (tertiary/aromatic N) is 2. The fourth-order valence-electron chi connectivity index (χ4n) is 0.807. The fourth-order valence-corrected chi connectivity index (χ4v) is 0.931. The van der Waals surface area contributed by atoms with Gasteiger partial charge in [0.05, 0.1) is 0 Å². The first-order valence-electron chi connectivity index (χ1n) is 4.06. The Morgan fingerprint density at radius 2 is 1.92 bits per heavy atom. The van der Waals surface area contributed by atoms with Crippen LogP contribution in [0.2, 0.25) is 5.15 Å². The standard InChI is InChI=1S/C9H13ClN2O/c1-6-7(10)11-5-12-8(6)13-9(2,3)4/h5H,1-4H3. The molecule has 1 rings (SSSR count). The molecular weight excluding hydrogens is 188 g/mol. The maximum Gasteiger partial charge on any atom is 0.221 e. The maximum atomic E-state index is 5.81. The molecule has 0 aliphatic heterocycles. The van der Waals surface area contributed by atoms with Crippen molar-refractivity contribution < 1.29 is 4.74 Å². The third kappa shape index (κ3) is 2.84. The molecular formula is C9H13ClN2O. The molecule has 0 N–H and O–H groups in total. The zero-order valence-corrected chi connectivity index (χ0v) is 9.01. The van der Waals surface area contributed by atoms with Gasteiger partial charge in [-0.25, -0.2) is 9.97 Å². The number of hydrogen-bond acceptors (Lipinski definition) is 3. The molecule has 1 aromatic heterocycles. The van der Waals surface area contributed by atoms with Crippen LogP contribution in [-0.2, 0) is 0 Å². The third-order valence-corrected chi connectivity index (χ3v) is 1.76. The molecule has 0 aliphatic rings. The smallest absolute Gasteiger partial charge is 0.221 e. The van der Waals surface area contributed by atoms with E-state index in [-0.39, 0.29) is 5.60 Å². The summed E-state index contributed by atoms with van der Waals surface area (Å²) < 4.78 is 5.58. The van der Waals surface area contributed by atoms with Crippen molar-refractivity contribution in [3.05, 3.63) is 17.0 Å². The number of rotatable bonds is 1. The monoisotopic (exact) mass is 200 g/mol. The van der Waals surface area contributed by atoms with Crippen LogP contribution in [0, 0.1) is 6.92 Å². The van der Waals surface area contributed by atoms with Crippen LogP contribution in [0.4, 0.5) is 0 Å². The highest BCUT2D eigenvalue weighted by Gasteiger charge is 2.15. The number of halogens is 1. The quantitative estimate of drug-likeness (QED) is 0.654. The van der Waals surface area contributed by atoms with Crippen LogP contribution >= 0.6 is 11.6 Å². The summed E-state index contributed by atoms with van der Waals surface area (Å²) in [6.45, 7) is 7.72. The first-order chi connectivity index (χ1) is 5.90. The van der Waals surface area contributed by atoms with Crippen molar-refractivity contribution in [3.8, 4) is 5.88 Å². The maximum absolute atomic E-state index is 5.81. The molecule has 1 aromatic rings. The summed E-state index contributed by atoms with van der Waals surface area (Å²) in [4.78, 5) is 7.85. The minimum absolute atomic E-state index is 0.261. The van der Waals surface area contributed by atoms with E-state index < -0.39 is 0 Å². The molecule has 13 heavy (non-hydrogen) atoms. The summed E-state index contributed by atoms with van der Waals surface area (Å²) in [5, 5.41) is 0.439. The third-order valence-electron chi connectivity index (χ3n) is 1.38. The molecule has 0 spiro atoms. The highest BCUT2D eigenvalue weighted by Crippen LogP contribution is 2.23. The average molecular weight is 201 g/mol. The van der Waals surface area contributed by atoms with Crippen molar-refractivity contribution in [3.63, 3.8) is 0 Å². The van der Waals surface area contributed by atoms with Crippen molar-refractivity contribution in [1.29, 1.82) is 0 Å². The average Bonchev–Trinajstić information content (AvgIpc) is 1.96. The van der Waals surface area contributed by atoms with E-state index >= 15 is 0 Å². The van der Waals surface area contributed by atoms with Gasteiger partial charge in [-0.1, -0.05) is 11.6 Å². The molecule has 0 radical (unpaired) electrons. The highest BCUT2D eigenvalue weighted by atomic mass is 35.5. The summed E-state index contributed by atoms with van der Waals surface area (Å²) in [5.41, 5.74) is 0.515. The van der Waals surface area contributed by atoms with E-state index in [1.54, 1.807) is 0 Å². The Hall–Kier alpha value is -0.830. The molecule has 72 valence electrons. The summed E-state index contributed by atoms with van der Waals surface area (Å²) >= 11 is 5.81. The van der Waals surface area contributed by atoms with Gasteiger partial charge in [-0.05, 0) is 27.7 Å². The summed E-state index contributed by atoms with van der Waals surface area (Å²) in [6, 6.07) is 0. The van der Waals surface area contributed by atoms with Gasteiger partial charge in [-0.3, -0.25) is 0 Å². The van der Waals surface area contributed by atoms with Crippen molar-refractivity contribution >= 4 is 11.6 Å². The highest BCUT2D eigenvalue weighted by molar-refractivity contribution is 6.30. The van der Waals surface area contributed by atoms with E-state index in [0.717, 1.165) is 5.56 Å². The van der Waals surface area contributed by atoms with Gasteiger partial charge in [-0.15, -0.1) is 0 Å². The van der Waals surface area contributed by atoms with Crippen LogP contribution in [0.5, 0.6) is 5.88 Å². The minimum atomic E-state index is -0.261.